The molecular weight excluding hydrogens is 274 g/mol. The molecule has 5 nitrogen and oxygen atoms in total. The smallest absolute Gasteiger partial charge is 0.243 e. The zero-order valence-electron chi connectivity index (χ0n) is 11.7. The van der Waals surface area contributed by atoms with Gasteiger partial charge in [-0.25, -0.2) is 12.7 Å². The number of nitrogens with two attached hydrogens (primary N) is 1. The van der Waals surface area contributed by atoms with E-state index in [1.54, 1.807) is 43.6 Å². The predicted octanol–water partition coefficient (Wildman–Crippen LogP) is 1.59. The van der Waals surface area contributed by atoms with Crippen molar-refractivity contribution in [1.29, 1.82) is 0 Å². The Bertz CT molecular complexity index is 693. The summed E-state index contributed by atoms with van der Waals surface area (Å²) in [7, 11) is -1.95. The quantitative estimate of drug-likeness (QED) is 0.908. The molecule has 0 saturated carbocycles. The van der Waals surface area contributed by atoms with Gasteiger partial charge in [0.25, 0.3) is 0 Å². The maximum absolute atomic E-state index is 12.6. The third-order valence-electron chi connectivity index (χ3n) is 3.19. The first-order valence-corrected chi connectivity index (χ1v) is 7.92. The van der Waals surface area contributed by atoms with Gasteiger partial charge in [0.05, 0.1) is 10.4 Å². The average Bonchev–Trinajstić information content (AvgIpc) is 2.43. The number of hydrogen-bond acceptors (Lipinski definition) is 4. The van der Waals surface area contributed by atoms with E-state index in [-0.39, 0.29) is 10.9 Å². The molecule has 1 aromatic heterocycles. The van der Waals surface area contributed by atoms with Gasteiger partial charge >= 0.3 is 0 Å². The van der Waals surface area contributed by atoms with Crippen LogP contribution in [0.2, 0.25) is 0 Å². The van der Waals surface area contributed by atoms with Crippen molar-refractivity contribution in [3.05, 3.63) is 36.5 Å². The van der Waals surface area contributed by atoms with E-state index in [0.717, 1.165) is 0 Å². The molecule has 0 aliphatic heterocycles. The molecule has 1 unspecified atom stereocenters. The SMILES string of the molecule is CC(N)CCN(C)S(=O)(=O)c1cccc2ncccc12. The molecule has 1 heterocycles. The molecule has 0 radical (unpaired) electrons. The Morgan fingerprint density at radius 2 is 2.05 bits per heavy atom. The molecule has 6 heteroatoms. The summed E-state index contributed by atoms with van der Waals surface area (Å²) in [6.07, 6.45) is 2.28. The summed E-state index contributed by atoms with van der Waals surface area (Å²) in [5.74, 6) is 0. The summed E-state index contributed by atoms with van der Waals surface area (Å²) in [4.78, 5) is 4.47. The van der Waals surface area contributed by atoms with Gasteiger partial charge in [0.2, 0.25) is 10.0 Å². The van der Waals surface area contributed by atoms with E-state index < -0.39 is 10.0 Å². The first-order valence-electron chi connectivity index (χ1n) is 6.48. The lowest BCUT2D eigenvalue weighted by Gasteiger charge is -2.19. The highest BCUT2D eigenvalue weighted by atomic mass is 32.2. The summed E-state index contributed by atoms with van der Waals surface area (Å²) >= 11 is 0. The van der Waals surface area contributed by atoms with Gasteiger partial charge in [-0.15, -0.1) is 0 Å². The van der Waals surface area contributed by atoms with Crippen molar-refractivity contribution in [3.8, 4) is 0 Å². The van der Waals surface area contributed by atoms with Crippen LogP contribution in [0.5, 0.6) is 0 Å². The zero-order chi connectivity index (χ0) is 14.8. The molecule has 1 aromatic carbocycles. The second kappa shape index (κ2) is 5.87. The highest BCUT2D eigenvalue weighted by Crippen LogP contribution is 2.23. The topological polar surface area (TPSA) is 76.3 Å². The Morgan fingerprint density at radius 3 is 2.75 bits per heavy atom. The summed E-state index contributed by atoms with van der Waals surface area (Å²) in [6, 6.07) is 8.61. The van der Waals surface area contributed by atoms with Crippen LogP contribution in [0.3, 0.4) is 0 Å². The van der Waals surface area contributed by atoms with Crippen LogP contribution in [0.1, 0.15) is 13.3 Å². The Morgan fingerprint density at radius 1 is 1.30 bits per heavy atom. The van der Waals surface area contributed by atoms with E-state index in [0.29, 0.717) is 23.9 Å². The minimum Gasteiger partial charge on any atom is -0.328 e. The number of rotatable bonds is 5. The third-order valence-corrected chi connectivity index (χ3v) is 5.11. The second-order valence-electron chi connectivity index (χ2n) is 4.92. The van der Waals surface area contributed by atoms with Crippen molar-refractivity contribution in [2.45, 2.75) is 24.3 Å². The molecule has 108 valence electrons. The van der Waals surface area contributed by atoms with Gasteiger partial charge in [-0.1, -0.05) is 6.07 Å². The van der Waals surface area contributed by atoms with Gasteiger partial charge in [-0.3, -0.25) is 4.98 Å². The average molecular weight is 293 g/mol. The van der Waals surface area contributed by atoms with E-state index in [2.05, 4.69) is 4.98 Å². The van der Waals surface area contributed by atoms with Gasteiger partial charge in [0.1, 0.15) is 0 Å². The zero-order valence-corrected chi connectivity index (χ0v) is 12.5. The summed E-state index contributed by atoms with van der Waals surface area (Å²) in [6.45, 7) is 2.26. The van der Waals surface area contributed by atoms with Gasteiger partial charge in [-0.2, -0.15) is 0 Å². The first kappa shape index (κ1) is 14.9. The molecule has 0 fully saturated rings. The minimum absolute atomic E-state index is 0.0261. The third kappa shape index (κ3) is 2.98. The Balaban J connectivity index is 2.41. The van der Waals surface area contributed by atoms with Gasteiger partial charge in [0, 0.05) is 31.2 Å². The van der Waals surface area contributed by atoms with E-state index in [4.69, 9.17) is 5.73 Å². The lowest BCUT2D eigenvalue weighted by atomic mass is 10.2. The van der Waals surface area contributed by atoms with E-state index >= 15 is 0 Å². The monoisotopic (exact) mass is 293 g/mol. The standard InChI is InChI=1S/C14H19N3O2S/c1-11(15)8-10-17(2)20(18,19)14-7-3-6-13-12(14)5-4-9-16-13/h3-7,9,11H,8,10,15H2,1-2H3. The Kier molecular flexibility index (Phi) is 4.37. The number of benzene rings is 1. The van der Waals surface area contributed by atoms with Gasteiger partial charge in [-0.05, 0) is 37.6 Å². The van der Waals surface area contributed by atoms with Crippen molar-refractivity contribution in [1.82, 2.24) is 9.29 Å². The fraction of sp³-hybridized carbons (Fsp3) is 0.357. The highest BCUT2D eigenvalue weighted by Gasteiger charge is 2.22. The van der Waals surface area contributed by atoms with E-state index in [1.807, 2.05) is 6.92 Å². The van der Waals surface area contributed by atoms with Gasteiger partial charge in [0.15, 0.2) is 0 Å². The van der Waals surface area contributed by atoms with Crippen LogP contribution < -0.4 is 5.73 Å². The molecule has 0 aliphatic rings. The fourth-order valence-electron chi connectivity index (χ4n) is 1.97. The number of fused-ring (bicyclic) bond motifs is 1. The number of aromatic nitrogens is 1. The van der Waals surface area contributed by atoms with Crippen LogP contribution >= 0.6 is 0 Å². The Labute approximate surface area is 119 Å². The molecule has 1 atom stereocenters. The molecule has 0 bridgehead atoms. The van der Waals surface area contributed by atoms with Crippen LogP contribution in [-0.2, 0) is 10.0 Å². The van der Waals surface area contributed by atoms with Crippen LogP contribution in [-0.4, -0.2) is 37.3 Å². The second-order valence-corrected chi connectivity index (χ2v) is 6.93. The molecule has 2 N–H and O–H groups in total. The van der Waals surface area contributed by atoms with Gasteiger partial charge < -0.3 is 5.73 Å². The predicted molar refractivity (Wildman–Crippen MR) is 79.8 cm³/mol. The van der Waals surface area contributed by atoms with E-state index in [1.165, 1.54) is 4.31 Å². The number of sulfonamides is 1. The van der Waals surface area contributed by atoms with E-state index in [9.17, 15) is 8.42 Å². The Hall–Kier alpha value is -1.50. The van der Waals surface area contributed by atoms with Crippen molar-refractivity contribution in [2.75, 3.05) is 13.6 Å². The molecule has 0 amide bonds. The molecule has 2 rings (SSSR count). The van der Waals surface area contributed by atoms with Crippen molar-refractivity contribution >= 4 is 20.9 Å². The van der Waals surface area contributed by atoms with Crippen molar-refractivity contribution < 1.29 is 8.42 Å². The molecule has 20 heavy (non-hydrogen) atoms. The molecule has 2 aromatic rings. The lowest BCUT2D eigenvalue weighted by molar-refractivity contribution is 0.447. The normalized spacial score (nSPS) is 13.8. The lowest BCUT2D eigenvalue weighted by Crippen LogP contribution is -2.31. The maximum Gasteiger partial charge on any atom is 0.243 e. The first-order chi connectivity index (χ1) is 9.43. The summed E-state index contributed by atoms with van der Waals surface area (Å²) in [5.41, 5.74) is 6.36. The number of pyridine rings is 1. The number of hydrogen-bond donors (Lipinski definition) is 1. The summed E-state index contributed by atoms with van der Waals surface area (Å²) in [5, 5.41) is 0.641. The largest absolute Gasteiger partial charge is 0.328 e. The maximum atomic E-state index is 12.6. The van der Waals surface area contributed by atoms with Crippen molar-refractivity contribution in [2.24, 2.45) is 5.73 Å². The molecule has 0 saturated heterocycles. The molecular formula is C14H19N3O2S. The number of nitrogens with zero attached hydrogens (tertiary/aromatic N) is 2. The molecule has 0 spiro atoms. The van der Waals surface area contributed by atoms with Crippen LogP contribution in [0.25, 0.3) is 10.9 Å². The van der Waals surface area contributed by atoms with Crippen molar-refractivity contribution in [3.63, 3.8) is 0 Å². The molecule has 0 aliphatic carbocycles. The summed E-state index contributed by atoms with van der Waals surface area (Å²) < 4.78 is 26.6. The van der Waals surface area contributed by atoms with Crippen LogP contribution in [0, 0.1) is 0 Å². The minimum atomic E-state index is -3.52. The highest BCUT2D eigenvalue weighted by molar-refractivity contribution is 7.89. The fourth-order valence-corrected chi connectivity index (χ4v) is 3.36. The van der Waals surface area contributed by atoms with Crippen LogP contribution in [0.4, 0.5) is 0 Å². The van der Waals surface area contributed by atoms with Crippen LogP contribution in [0.15, 0.2) is 41.4 Å².